The summed E-state index contributed by atoms with van der Waals surface area (Å²) in [6, 6.07) is 3.94. The number of hydrogen-bond acceptors (Lipinski definition) is 3. The molecule has 1 rings (SSSR count). The molecule has 0 bridgehead atoms. The Morgan fingerprint density at radius 3 is 2.56 bits per heavy atom. The Morgan fingerprint density at radius 1 is 1.44 bits per heavy atom. The van der Waals surface area contributed by atoms with Crippen molar-refractivity contribution in [3.05, 3.63) is 33.7 Å². The Balaban J connectivity index is 3.22. The average Bonchev–Trinajstić information content (AvgIpc) is 2.27. The Bertz CT molecular complexity index is 461. The number of carboxylic acid groups (broad SMARTS) is 1. The van der Waals surface area contributed by atoms with Gasteiger partial charge in [-0.05, 0) is 18.2 Å². The average molecular weight is 243 g/mol. The first-order valence-electron chi connectivity index (χ1n) is 4.11. The molecule has 84 valence electrons. The number of nitrogens with zero attached hydrogens (tertiary/aromatic N) is 2. The second-order valence-corrected chi connectivity index (χ2v) is 3.31. The Hall–Kier alpha value is -1.95. The highest BCUT2D eigenvalue weighted by molar-refractivity contribution is 6.34. The molecule has 0 radical (unpaired) electrons. The van der Waals surface area contributed by atoms with E-state index in [1.165, 1.54) is 25.2 Å². The van der Waals surface area contributed by atoms with Crippen molar-refractivity contribution in [3.63, 3.8) is 0 Å². The van der Waals surface area contributed by atoms with Crippen LogP contribution in [0.2, 0.25) is 5.02 Å². The summed E-state index contributed by atoms with van der Waals surface area (Å²) in [5.74, 6) is -1.04. The molecular formula is C9H7ClN2O4. The van der Waals surface area contributed by atoms with Gasteiger partial charge in [-0.2, -0.15) is 0 Å². The Kier molecular flexibility index (Phi) is 3.57. The Morgan fingerprint density at radius 2 is 2.06 bits per heavy atom. The third-order valence-electron chi connectivity index (χ3n) is 1.94. The number of nitroso groups, excluding NO2 is 1. The standard InChI is InChI=1S/C9H7ClN2O4/c1-12(9(14)15)5-2-3-7(10)6(4-5)8(13)11-16/h2-4H,1H3,(H,14,15). The van der Waals surface area contributed by atoms with Crippen molar-refractivity contribution in [2.75, 3.05) is 11.9 Å². The van der Waals surface area contributed by atoms with E-state index in [0.29, 0.717) is 0 Å². The second kappa shape index (κ2) is 4.71. The predicted molar refractivity (Wildman–Crippen MR) is 58.0 cm³/mol. The van der Waals surface area contributed by atoms with Crippen LogP contribution in [-0.4, -0.2) is 24.2 Å². The molecule has 2 amide bonds. The van der Waals surface area contributed by atoms with Gasteiger partial charge in [0.1, 0.15) is 0 Å². The molecule has 0 unspecified atom stereocenters. The molecule has 0 spiro atoms. The fourth-order valence-corrected chi connectivity index (χ4v) is 1.24. The highest BCUT2D eigenvalue weighted by atomic mass is 35.5. The van der Waals surface area contributed by atoms with Gasteiger partial charge < -0.3 is 5.11 Å². The molecule has 0 aromatic heterocycles. The smallest absolute Gasteiger partial charge is 0.411 e. The van der Waals surface area contributed by atoms with Gasteiger partial charge in [-0.25, -0.2) is 4.79 Å². The van der Waals surface area contributed by atoms with E-state index in [-0.39, 0.29) is 16.3 Å². The van der Waals surface area contributed by atoms with E-state index >= 15 is 0 Å². The minimum atomic E-state index is -1.19. The molecule has 1 N–H and O–H groups in total. The number of carbonyl (C=O) groups is 2. The number of rotatable bonds is 2. The van der Waals surface area contributed by atoms with Crippen LogP contribution in [0.1, 0.15) is 10.4 Å². The van der Waals surface area contributed by atoms with E-state index in [0.717, 1.165) is 4.90 Å². The zero-order valence-electron chi connectivity index (χ0n) is 8.18. The van der Waals surface area contributed by atoms with Gasteiger partial charge in [-0.3, -0.25) is 9.69 Å². The van der Waals surface area contributed by atoms with Crippen LogP contribution in [0.4, 0.5) is 10.5 Å². The van der Waals surface area contributed by atoms with Gasteiger partial charge in [0.15, 0.2) is 0 Å². The summed E-state index contributed by atoms with van der Waals surface area (Å²) in [5, 5.41) is 11.0. The molecule has 0 saturated carbocycles. The zero-order chi connectivity index (χ0) is 12.3. The van der Waals surface area contributed by atoms with Gasteiger partial charge in [0.05, 0.1) is 10.6 Å². The maximum atomic E-state index is 11.0. The van der Waals surface area contributed by atoms with Gasteiger partial charge in [0, 0.05) is 17.9 Å². The number of amides is 2. The normalized spacial score (nSPS) is 9.62. The van der Waals surface area contributed by atoms with Crippen molar-refractivity contribution in [3.8, 4) is 0 Å². The molecule has 0 aliphatic rings. The first kappa shape index (κ1) is 12.1. The first-order valence-corrected chi connectivity index (χ1v) is 4.49. The SMILES string of the molecule is CN(C(=O)O)c1ccc(Cl)c(C(=O)N=O)c1. The van der Waals surface area contributed by atoms with E-state index in [2.05, 4.69) is 5.18 Å². The number of anilines is 1. The van der Waals surface area contributed by atoms with E-state index in [1.807, 2.05) is 0 Å². The summed E-state index contributed by atoms with van der Waals surface area (Å²) in [6.45, 7) is 0. The molecule has 0 saturated heterocycles. The summed E-state index contributed by atoms with van der Waals surface area (Å²) < 4.78 is 0. The number of benzene rings is 1. The van der Waals surface area contributed by atoms with Crippen LogP contribution in [0.25, 0.3) is 0 Å². The maximum Gasteiger partial charge on any atom is 0.411 e. The molecule has 6 nitrogen and oxygen atoms in total. The third-order valence-corrected chi connectivity index (χ3v) is 2.27. The molecule has 0 aliphatic heterocycles. The number of hydrogen-bond donors (Lipinski definition) is 1. The van der Waals surface area contributed by atoms with E-state index in [1.54, 1.807) is 0 Å². The molecule has 16 heavy (non-hydrogen) atoms. The van der Waals surface area contributed by atoms with Crippen molar-refractivity contribution >= 4 is 29.3 Å². The number of halogens is 1. The number of carbonyl (C=O) groups excluding carboxylic acids is 1. The van der Waals surface area contributed by atoms with Crippen molar-refractivity contribution in [2.45, 2.75) is 0 Å². The monoisotopic (exact) mass is 242 g/mol. The van der Waals surface area contributed by atoms with Gasteiger partial charge in [0.25, 0.3) is 0 Å². The zero-order valence-corrected chi connectivity index (χ0v) is 8.93. The minimum absolute atomic E-state index is 0.0483. The Labute approximate surface area is 95.4 Å². The van der Waals surface area contributed by atoms with Gasteiger partial charge in [-0.1, -0.05) is 11.6 Å². The molecule has 0 heterocycles. The fraction of sp³-hybridized carbons (Fsp3) is 0.111. The van der Waals surface area contributed by atoms with Crippen LogP contribution >= 0.6 is 11.6 Å². The third kappa shape index (κ3) is 2.34. The van der Waals surface area contributed by atoms with Gasteiger partial charge >= 0.3 is 12.0 Å². The fourth-order valence-electron chi connectivity index (χ4n) is 1.05. The largest absolute Gasteiger partial charge is 0.465 e. The highest BCUT2D eigenvalue weighted by Crippen LogP contribution is 2.23. The minimum Gasteiger partial charge on any atom is -0.465 e. The summed E-state index contributed by atoms with van der Waals surface area (Å²) in [6.07, 6.45) is -1.19. The van der Waals surface area contributed by atoms with Crippen LogP contribution in [0.5, 0.6) is 0 Å². The summed E-state index contributed by atoms with van der Waals surface area (Å²) in [7, 11) is 1.30. The first-order chi connectivity index (χ1) is 7.47. The molecule has 1 aromatic rings. The van der Waals surface area contributed by atoms with Crippen molar-refractivity contribution in [1.82, 2.24) is 0 Å². The second-order valence-electron chi connectivity index (χ2n) is 2.90. The maximum absolute atomic E-state index is 11.0. The van der Waals surface area contributed by atoms with Crippen LogP contribution in [0.15, 0.2) is 23.4 Å². The predicted octanol–water partition coefficient (Wildman–Crippen LogP) is 2.36. The van der Waals surface area contributed by atoms with E-state index in [9.17, 15) is 14.5 Å². The molecule has 0 atom stereocenters. The van der Waals surface area contributed by atoms with E-state index < -0.39 is 12.0 Å². The quantitative estimate of drug-likeness (QED) is 0.807. The van der Waals surface area contributed by atoms with Crippen LogP contribution < -0.4 is 4.90 Å². The van der Waals surface area contributed by atoms with Crippen LogP contribution in [0.3, 0.4) is 0 Å². The van der Waals surface area contributed by atoms with Crippen molar-refractivity contribution < 1.29 is 14.7 Å². The summed E-state index contributed by atoms with van der Waals surface area (Å²) in [5.41, 5.74) is 0.103. The lowest BCUT2D eigenvalue weighted by molar-refractivity contribution is 0.100. The van der Waals surface area contributed by atoms with E-state index in [4.69, 9.17) is 16.7 Å². The lowest BCUT2D eigenvalue weighted by Crippen LogP contribution is -2.23. The summed E-state index contributed by atoms with van der Waals surface area (Å²) >= 11 is 5.67. The van der Waals surface area contributed by atoms with Gasteiger partial charge in [-0.15, -0.1) is 4.91 Å². The topological polar surface area (TPSA) is 87.0 Å². The molecular weight excluding hydrogens is 236 g/mol. The molecule has 0 aliphatic carbocycles. The van der Waals surface area contributed by atoms with Crippen LogP contribution in [0, 0.1) is 4.91 Å². The highest BCUT2D eigenvalue weighted by Gasteiger charge is 2.15. The van der Waals surface area contributed by atoms with Crippen LogP contribution in [-0.2, 0) is 0 Å². The lowest BCUT2D eigenvalue weighted by atomic mass is 10.2. The summed E-state index contributed by atoms with van der Waals surface area (Å²) in [4.78, 5) is 32.7. The molecule has 1 aromatic carbocycles. The lowest BCUT2D eigenvalue weighted by Gasteiger charge is -2.13. The van der Waals surface area contributed by atoms with Crippen molar-refractivity contribution in [1.29, 1.82) is 0 Å². The van der Waals surface area contributed by atoms with Crippen molar-refractivity contribution in [2.24, 2.45) is 5.18 Å². The molecule has 0 fully saturated rings. The molecule has 7 heteroatoms. The van der Waals surface area contributed by atoms with Gasteiger partial charge in [0.2, 0.25) is 0 Å².